The predicted octanol–water partition coefficient (Wildman–Crippen LogP) is 0.552. The van der Waals surface area contributed by atoms with Crippen molar-refractivity contribution >= 4 is 17.1 Å². The van der Waals surface area contributed by atoms with Crippen molar-refractivity contribution in [3.05, 3.63) is 35.7 Å². The number of amides is 1. The highest BCUT2D eigenvalue weighted by atomic mass is 16.3. The average Bonchev–Trinajstić information content (AvgIpc) is 2.60. The fraction of sp³-hybridized carbons (Fsp3) is 0.250. The number of nitrogen functional groups attached to an aromatic ring is 1. The predicted molar refractivity (Wildman–Crippen MR) is 66.0 cm³/mol. The fourth-order valence-electron chi connectivity index (χ4n) is 1.89. The van der Waals surface area contributed by atoms with Crippen molar-refractivity contribution in [3.8, 4) is 0 Å². The lowest BCUT2D eigenvalue weighted by Gasteiger charge is -2.04. The van der Waals surface area contributed by atoms with Crippen molar-refractivity contribution in [1.82, 2.24) is 9.72 Å². The number of carbonyl (C=O) groups excluding carboxylic acids is 1. The van der Waals surface area contributed by atoms with Crippen LogP contribution < -0.4 is 11.1 Å². The lowest BCUT2D eigenvalue weighted by Crippen LogP contribution is -2.28. The number of nitrogens with one attached hydrogen (secondary N) is 1. The Hall–Kier alpha value is -2.01. The molecule has 0 aliphatic heterocycles. The standard InChI is InChI=1S/C12H15N3O2/c1-8-10(13)9-4-2-3-6-15(9)11(8)12(17)14-5-7-16/h2-4,6,16H,5,7,13H2,1H3,(H,14,17). The summed E-state index contributed by atoms with van der Waals surface area (Å²) in [6, 6.07) is 5.58. The molecule has 0 unspecified atom stereocenters. The van der Waals surface area contributed by atoms with E-state index < -0.39 is 0 Å². The zero-order valence-electron chi connectivity index (χ0n) is 9.60. The number of nitrogens with two attached hydrogens (primary N) is 1. The molecule has 0 aromatic carbocycles. The van der Waals surface area contributed by atoms with Crippen LogP contribution in [0.25, 0.3) is 5.52 Å². The quantitative estimate of drug-likeness (QED) is 0.724. The number of hydrogen-bond donors (Lipinski definition) is 3. The molecule has 2 aromatic heterocycles. The second kappa shape index (κ2) is 4.47. The third-order valence-electron chi connectivity index (χ3n) is 2.75. The summed E-state index contributed by atoms with van der Waals surface area (Å²) in [5.74, 6) is -0.227. The van der Waals surface area contributed by atoms with Gasteiger partial charge in [0.05, 0.1) is 17.8 Å². The van der Waals surface area contributed by atoms with Gasteiger partial charge in [-0.05, 0) is 19.1 Å². The van der Waals surface area contributed by atoms with Crippen molar-refractivity contribution in [3.63, 3.8) is 0 Å². The molecule has 5 nitrogen and oxygen atoms in total. The molecule has 5 heteroatoms. The van der Waals surface area contributed by atoms with Gasteiger partial charge in [-0.3, -0.25) is 4.79 Å². The van der Waals surface area contributed by atoms with Crippen LogP contribution in [-0.2, 0) is 0 Å². The monoisotopic (exact) mass is 233 g/mol. The maximum atomic E-state index is 12.0. The summed E-state index contributed by atoms with van der Waals surface area (Å²) in [7, 11) is 0. The van der Waals surface area contributed by atoms with Gasteiger partial charge in [0.2, 0.25) is 0 Å². The summed E-state index contributed by atoms with van der Waals surface area (Å²) in [5.41, 5.74) is 8.66. The molecule has 2 heterocycles. The first-order valence-corrected chi connectivity index (χ1v) is 5.41. The largest absolute Gasteiger partial charge is 0.397 e. The van der Waals surface area contributed by atoms with Crippen LogP contribution in [0, 0.1) is 6.92 Å². The summed E-state index contributed by atoms with van der Waals surface area (Å²) >= 11 is 0. The molecule has 0 saturated carbocycles. The van der Waals surface area contributed by atoms with E-state index in [1.807, 2.05) is 25.1 Å². The number of aromatic nitrogens is 1. The summed E-state index contributed by atoms with van der Waals surface area (Å²) in [5, 5.41) is 11.3. The number of fused-ring (bicyclic) bond motifs is 1. The molecule has 0 bridgehead atoms. The van der Waals surface area contributed by atoms with Gasteiger partial charge in [0.15, 0.2) is 0 Å². The van der Waals surface area contributed by atoms with E-state index in [9.17, 15) is 4.79 Å². The number of nitrogens with zero attached hydrogens (tertiary/aromatic N) is 1. The molecule has 17 heavy (non-hydrogen) atoms. The van der Waals surface area contributed by atoms with Gasteiger partial charge in [0.1, 0.15) is 5.69 Å². The van der Waals surface area contributed by atoms with Crippen LogP contribution in [0.1, 0.15) is 16.1 Å². The second-order valence-corrected chi connectivity index (χ2v) is 3.82. The van der Waals surface area contributed by atoms with Crippen molar-refractivity contribution < 1.29 is 9.90 Å². The van der Waals surface area contributed by atoms with Gasteiger partial charge in [0, 0.05) is 18.3 Å². The van der Waals surface area contributed by atoms with Gasteiger partial charge in [-0.2, -0.15) is 0 Å². The zero-order chi connectivity index (χ0) is 12.4. The topological polar surface area (TPSA) is 79.8 Å². The molecule has 0 fully saturated rings. The Morgan fingerprint density at radius 1 is 1.53 bits per heavy atom. The van der Waals surface area contributed by atoms with E-state index in [-0.39, 0.29) is 19.1 Å². The molecule has 2 aromatic rings. The van der Waals surface area contributed by atoms with Gasteiger partial charge in [0.25, 0.3) is 5.91 Å². The highest BCUT2D eigenvalue weighted by molar-refractivity contribution is 5.99. The Morgan fingerprint density at radius 2 is 2.29 bits per heavy atom. The first kappa shape index (κ1) is 11.5. The van der Waals surface area contributed by atoms with E-state index in [1.54, 1.807) is 10.6 Å². The molecule has 0 spiro atoms. The third-order valence-corrected chi connectivity index (χ3v) is 2.75. The minimum absolute atomic E-state index is 0.0798. The number of carbonyl (C=O) groups is 1. The molecule has 4 N–H and O–H groups in total. The molecule has 90 valence electrons. The van der Waals surface area contributed by atoms with Crippen LogP contribution in [0.5, 0.6) is 0 Å². The number of anilines is 1. The Balaban J connectivity index is 2.53. The highest BCUT2D eigenvalue weighted by Crippen LogP contribution is 2.24. The molecule has 1 amide bonds. The third kappa shape index (κ3) is 1.85. The van der Waals surface area contributed by atoms with Crippen LogP contribution in [0.15, 0.2) is 24.4 Å². The highest BCUT2D eigenvalue weighted by Gasteiger charge is 2.17. The van der Waals surface area contributed by atoms with Crippen LogP contribution in [0.4, 0.5) is 5.69 Å². The van der Waals surface area contributed by atoms with Gasteiger partial charge >= 0.3 is 0 Å². The summed E-state index contributed by atoms with van der Waals surface area (Å²) in [6.07, 6.45) is 1.80. The molecule has 0 aliphatic carbocycles. The van der Waals surface area contributed by atoms with Crippen molar-refractivity contribution in [2.45, 2.75) is 6.92 Å². The second-order valence-electron chi connectivity index (χ2n) is 3.82. The van der Waals surface area contributed by atoms with E-state index in [1.165, 1.54) is 0 Å². The number of rotatable bonds is 3. The maximum absolute atomic E-state index is 12.0. The van der Waals surface area contributed by atoms with Gasteiger partial charge < -0.3 is 20.6 Å². The average molecular weight is 233 g/mol. The van der Waals surface area contributed by atoms with Gasteiger partial charge in [-0.25, -0.2) is 0 Å². The van der Waals surface area contributed by atoms with E-state index >= 15 is 0 Å². The molecule has 0 saturated heterocycles. The Labute approximate surface area is 98.9 Å². The SMILES string of the molecule is Cc1c(N)c2ccccn2c1C(=O)NCCO. The van der Waals surface area contributed by atoms with E-state index in [0.29, 0.717) is 11.4 Å². The van der Waals surface area contributed by atoms with Crippen LogP contribution >= 0.6 is 0 Å². The molecule has 0 aliphatic rings. The Morgan fingerprint density at radius 3 is 3.00 bits per heavy atom. The first-order chi connectivity index (χ1) is 8.16. The van der Waals surface area contributed by atoms with Crippen molar-refractivity contribution in [2.75, 3.05) is 18.9 Å². The zero-order valence-corrected chi connectivity index (χ0v) is 9.60. The number of pyridine rings is 1. The molecule has 0 radical (unpaired) electrons. The fourth-order valence-corrected chi connectivity index (χ4v) is 1.89. The van der Waals surface area contributed by atoms with Gasteiger partial charge in [-0.1, -0.05) is 6.07 Å². The smallest absolute Gasteiger partial charge is 0.268 e. The lowest BCUT2D eigenvalue weighted by atomic mass is 10.2. The molecular formula is C12H15N3O2. The molecule has 2 rings (SSSR count). The number of hydrogen-bond acceptors (Lipinski definition) is 3. The van der Waals surface area contributed by atoms with Gasteiger partial charge in [-0.15, -0.1) is 0 Å². The van der Waals surface area contributed by atoms with Crippen LogP contribution in [0.3, 0.4) is 0 Å². The van der Waals surface area contributed by atoms with Crippen LogP contribution in [-0.4, -0.2) is 28.6 Å². The lowest BCUT2D eigenvalue weighted by molar-refractivity contribution is 0.0938. The van der Waals surface area contributed by atoms with Crippen LogP contribution in [0.2, 0.25) is 0 Å². The number of aliphatic hydroxyl groups excluding tert-OH is 1. The minimum Gasteiger partial charge on any atom is -0.397 e. The van der Waals surface area contributed by atoms with E-state index in [2.05, 4.69) is 5.32 Å². The normalized spacial score (nSPS) is 10.7. The summed E-state index contributed by atoms with van der Waals surface area (Å²) < 4.78 is 1.76. The first-order valence-electron chi connectivity index (χ1n) is 5.41. The van der Waals surface area contributed by atoms with E-state index in [4.69, 9.17) is 10.8 Å². The Kier molecular flexibility index (Phi) is 3.01. The Bertz CT molecular complexity index is 560. The van der Waals surface area contributed by atoms with Crippen molar-refractivity contribution in [2.24, 2.45) is 0 Å². The minimum atomic E-state index is -0.227. The molecular weight excluding hydrogens is 218 g/mol. The molecule has 0 atom stereocenters. The maximum Gasteiger partial charge on any atom is 0.268 e. The van der Waals surface area contributed by atoms with E-state index in [0.717, 1.165) is 11.1 Å². The number of aliphatic hydroxyl groups is 1. The summed E-state index contributed by atoms with van der Waals surface area (Å²) in [6.45, 7) is 1.97. The van der Waals surface area contributed by atoms with Crippen molar-refractivity contribution in [1.29, 1.82) is 0 Å². The summed E-state index contributed by atoms with van der Waals surface area (Å²) in [4.78, 5) is 12.0.